The molecule has 3 nitrogen and oxygen atoms in total. The number of aromatic amines is 1. The molecular formula is C13H11ClN2OS2. The lowest BCUT2D eigenvalue weighted by molar-refractivity contribution is 0.415. The highest BCUT2D eigenvalue weighted by atomic mass is 35.5. The minimum absolute atomic E-state index is 0.702. The number of hydrogen-bond donors (Lipinski definition) is 1. The first-order valence-corrected chi connectivity index (χ1v) is 7.28. The van der Waals surface area contributed by atoms with Gasteiger partial charge in [0.2, 0.25) is 0 Å². The average molecular weight is 311 g/mol. The number of fused-ring (bicyclic) bond motifs is 1. The van der Waals surface area contributed by atoms with E-state index in [1.807, 2.05) is 30.3 Å². The molecule has 19 heavy (non-hydrogen) atoms. The average Bonchev–Trinajstić information content (AvgIpc) is 2.94. The number of nitrogens with one attached hydrogen (secondary N) is 1. The summed E-state index contributed by atoms with van der Waals surface area (Å²) in [5.41, 5.74) is 2.04. The van der Waals surface area contributed by atoms with Gasteiger partial charge in [0, 0.05) is 10.9 Å². The highest BCUT2D eigenvalue weighted by molar-refractivity contribution is 7.71. The van der Waals surface area contributed by atoms with Crippen molar-refractivity contribution in [3.05, 3.63) is 44.3 Å². The van der Waals surface area contributed by atoms with Crippen molar-refractivity contribution in [2.45, 2.75) is 6.54 Å². The Hall–Kier alpha value is -1.30. The molecule has 0 unspecified atom stereocenters. The van der Waals surface area contributed by atoms with Crippen molar-refractivity contribution in [1.29, 1.82) is 0 Å². The predicted octanol–water partition coefficient (Wildman–Crippen LogP) is 4.47. The van der Waals surface area contributed by atoms with E-state index in [1.54, 1.807) is 18.4 Å². The number of thiophene rings is 1. The van der Waals surface area contributed by atoms with Crippen LogP contribution in [0.25, 0.3) is 11.0 Å². The topological polar surface area (TPSA) is 29.9 Å². The second-order valence-corrected chi connectivity index (χ2v) is 6.29. The largest absolute Gasteiger partial charge is 0.497 e. The van der Waals surface area contributed by atoms with Crippen LogP contribution in [0.5, 0.6) is 5.75 Å². The molecule has 0 saturated carbocycles. The molecule has 98 valence electrons. The van der Waals surface area contributed by atoms with Crippen LogP contribution in [0, 0.1) is 4.77 Å². The van der Waals surface area contributed by atoms with Crippen LogP contribution in [0.1, 0.15) is 4.88 Å². The molecule has 1 aromatic carbocycles. The van der Waals surface area contributed by atoms with Crippen molar-refractivity contribution in [3.8, 4) is 5.75 Å². The molecule has 0 atom stereocenters. The van der Waals surface area contributed by atoms with Gasteiger partial charge in [-0.05, 0) is 36.5 Å². The molecule has 0 spiro atoms. The lowest BCUT2D eigenvalue weighted by Gasteiger charge is -2.03. The molecule has 0 fully saturated rings. The standard InChI is InChI=1S/C13H11ClN2OS2/c1-17-8-2-4-11-10(6-8)15-13(18)16(11)7-9-3-5-12(14)19-9/h2-6H,7H2,1H3,(H,15,18). The van der Waals surface area contributed by atoms with E-state index < -0.39 is 0 Å². The number of benzene rings is 1. The number of H-pyrrole nitrogens is 1. The summed E-state index contributed by atoms with van der Waals surface area (Å²) in [5.74, 6) is 0.815. The quantitative estimate of drug-likeness (QED) is 0.723. The first-order valence-electron chi connectivity index (χ1n) is 5.68. The first-order chi connectivity index (χ1) is 9.17. The van der Waals surface area contributed by atoms with Gasteiger partial charge in [-0.2, -0.15) is 0 Å². The number of hydrogen-bond acceptors (Lipinski definition) is 3. The Morgan fingerprint density at radius 3 is 2.89 bits per heavy atom. The molecule has 0 aliphatic rings. The highest BCUT2D eigenvalue weighted by Gasteiger charge is 2.07. The number of aromatic nitrogens is 2. The van der Waals surface area contributed by atoms with E-state index in [-0.39, 0.29) is 0 Å². The molecule has 2 heterocycles. The van der Waals surface area contributed by atoms with Crippen LogP contribution in [0.3, 0.4) is 0 Å². The molecule has 3 aromatic rings. The number of nitrogens with zero attached hydrogens (tertiary/aromatic N) is 1. The van der Waals surface area contributed by atoms with Crippen molar-refractivity contribution in [2.24, 2.45) is 0 Å². The third-order valence-electron chi connectivity index (χ3n) is 2.92. The maximum Gasteiger partial charge on any atom is 0.178 e. The Kier molecular flexibility index (Phi) is 3.35. The number of ether oxygens (including phenoxy) is 1. The molecular weight excluding hydrogens is 300 g/mol. The molecule has 1 N–H and O–H groups in total. The fraction of sp³-hybridized carbons (Fsp3) is 0.154. The maximum absolute atomic E-state index is 5.96. The van der Waals surface area contributed by atoms with E-state index in [0.29, 0.717) is 4.77 Å². The molecule has 0 aliphatic heterocycles. The monoisotopic (exact) mass is 310 g/mol. The van der Waals surface area contributed by atoms with E-state index >= 15 is 0 Å². The fourth-order valence-electron chi connectivity index (χ4n) is 2.02. The second kappa shape index (κ2) is 5.00. The van der Waals surface area contributed by atoms with Gasteiger partial charge in [-0.15, -0.1) is 11.3 Å². The number of rotatable bonds is 3. The van der Waals surface area contributed by atoms with Crippen LogP contribution in [0.4, 0.5) is 0 Å². The number of methoxy groups -OCH3 is 1. The summed E-state index contributed by atoms with van der Waals surface area (Å²) >= 11 is 12.9. The van der Waals surface area contributed by atoms with Crippen molar-refractivity contribution in [1.82, 2.24) is 9.55 Å². The van der Waals surface area contributed by atoms with Crippen LogP contribution in [0.15, 0.2) is 30.3 Å². The molecule has 3 rings (SSSR count). The molecule has 0 saturated heterocycles. The van der Waals surface area contributed by atoms with Crippen LogP contribution in [0.2, 0.25) is 4.34 Å². The van der Waals surface area contributed by atoms with E-state index in [1.165, 1.54) is 4.88 Å². The lowest BCUT2D eigenvalue weighted by atomic mass is 10.3. The molecule has 0 amide bonds. The van der Waals surface area contributed by atoms with Crippen molar-refractivity contribution in [2.75, 3.05) is 7.11 Å². The Balaban J connectivity index is 2.08. The first kappa shape index (κ1) is 12.7. The zero-order chi connectivity index (χ0) is 13.4. The number of halogens is 1. The minimum atomic E-state index is 0.702. The second-order valence-electron chi connectivity index (χ2n) is 4.11. The highest BCUT2D eigenvalue weighted by Crippen LogP contribution is 2.25. The summed E-state index contributed by atoms with van der Waals surface area (Å²) in [6.45, 7) is 0.725. The Morgan fingerprint density at radius 2 is 2.21 bits per heavy atom. The third-order valence-corrected chi connectivity index (χ3v) is 4.46. The third kappa shape index (κ3) is 2.41. The Morgan fingerprint density at radius 1 is 1.37 bits per heavy atom. The predicted molar refractivity (Wildman–Crippen MR) is 82.1 cm³/mol. The molecule has 2 aromatic heterocycles. The summed E-state index contributed by atoms with van der Waals surface area (Å²) in [5, 5.41) is 0. The van der Waals surface area contributed by atoms with Crippen LogP contribution in [-0.2, 0) is 6.54 Å². The van der Waals surface area contributed by atoms with Gasteiger partial charge in [0.05, 0.1) is 29.0 Å². The number of imidazole rings is 1. The SMILES string of the molecule is COc1ccc2c(c1)[nH]c(=S)n2Cc1ccc(Cl)s1. The summed E-state index contributed by atoms with van der Waals surface area (Å²) in [7, 11) is 1.65. The molecule has 0 radical (unpaired) electrons. The van der Waals surface area contributed by atoms with Gasteiger partial charge in [0.15, 0.2) is 4.77 Å². The normalized spacial score (nSPS) is 11.1. The van der Waals surface area contributed by atoms with Crippen molar-refractivity contribution in [3.63, 3.8) is 0 Å². The van der Waals surface area contributed by atoms with E-state index in [4.69, 9.17) is 28.6 Å². The summed E-state index contributed by atoms with van der Waals surface area (Å²) in [4.78, 5) is 4.38. The maximum atomic E-state index is 5.96. The molecule has 0 bridgehead atoms. The lowest BCUT2D eigenvalue weighted by Crippen LogP contribution is -1.97. The van der Waals surface area contributed by atoms with E-state index in [9.17, 15) is 0 Å². The fourth-order valence-corrected chi connectivity index (χ4v) is 3.37. The van der Waals surface area contributed by atoms with Crippen LogP contribution < -0.4 is 4.74 Å². The Bertz CT molecular complexity index is 787. The van der Waals surface area contributed by atoms with Crippen molar-refractivity contribution < 1.29 is 4.74 Å². The van der Waals surface area contributed by atoms with Gasteiger partial charge < -0.3 is 14.3 Å². The summed E-state index contributed by atoms with van der Waals surface area (Å²) in [6.07, 6.45) is 0. The van der Waals surface area contributed by atoms with Gasteiger partial charge >= 0.3 is 0 Å². The minimum Gasteiger partial charge on any atom is -0.497 e. The van der Waals surface area contributed by atoms with Gasteiger partial charge in [-0.3, -0.25) is 0 Å². The smallest absolute Gasteiger partial charge is 0.178 e. The Labute approximate surface area is 124 Å². The zero-order valence-electron chi connectivity index (χ0n) is 10.1. The zero-order valence-corrected chi connectivity index (χ0v) is 12.5. The van der Waals surface area contributed by atoms with E-state index in [0.717, 1.165) is 27.7 Å². The van der Waals surface area contributed by atoms with E-state index in [2.05, 4.69) is 9.55 Å². The van der Waals surface area contributed by atoms with Gasteiger partial charge in [-0.25, -0.2) is 0 Å². The van der Waals surface area contributed by atoms with Crippen LogP contribution in [-0.4, -0.2) is 16.7 Å². The van der Waals surface area contributed by atoms with Gasteiger partial charge in [0.1, 0.15) is 5.75 Å². The van der Waals surface area contributed by atoms with Gasteiger partial charge in [0.25, 0.3) is 0 Å². The van der Waals surface area contributed by atoms with Crippen molar-refractivity contribution >= 4 is 46.2 Å². The summed E-state index contributed by atoms with van der Waals surface area (Å²) < 4.78 is 8.77. The molecule has 0 aliphatic carbocycles. The van der Waals surface area contributed by atoms with Gasteiger partial charge in [-0.1, -0.05) is 11.6 Å². The van der Waals surface area contributed by atoms with Crippen LogP contribution >= 0.6 is 35.2 Å². The summed E-state index contributed by atoms with van der Waals surface area (Å²) in [6, 6.07) is 9.82. The molecule has 6 heteroatoms.